The lowest BCUT2D eigenvalue weighted by Crippen LogP contribution is -2.51. The van der Waals surface area contributed by atoms with Crippen LogP contribution in [0.2, 0.25) is 0 Å². The van der Waals surface area contributed by atoms with Crippen LogP contribution < -0.4 is 11.1 Å². The zero-order valence-electron chi connectivity index (χ0n) is 21.3. The number of anilines is 1. The number of amides is 1. The summed E-state index contributed by atoms with van der Waals surface area (Å²) in [6.07, 6.45) is 5.46. The molecule has 1 amide bonds. The fraction of sp³-hybridized carbons (Fsp3) is 0.667. The average molecular weight is 467 g/mol. The molecule has 3 N–H and O–H groups in total. The van der Waals surface area contributed by atoms with Gasteiger partial charge in [0.25, 0.3) is 0 Å². The fourth-order valence-electron chi connectivity index (χ4n) is 5.64. The van der Waals surface area contributed by atoms with Crippen LogP contribution in [0.1, 0.15) is 59.2 Å². The molecule has 2 fully saturated rings. The van der Waals surface area contributed by atoms with Crippen molar-refractivity contribution in [2.45, 2.75) is 72.0 Å². The molecule has 2 aliphatic rings. The largest absolute Gasteiger partial charge is 0.368 e. The molecule has 1 aliphatic heterocycles. The van der Waals surface area contributed by atoms with Crippen LogP contribution in [0.25, 0.3) is 10.9 Å². The number of aromatic nitrogens is 2. The first kappa shape index (κ1) is 24.9. The van der Waals surface area contributed by atoms with Crippen molar-refractivity contribution in [3.05, 3.63) is 30.1 Å². The Labute approximate surface area is 204 Å². The SMILES string of the molecule is CC(C)C1CCC(N2CCN(Cc3nc(N[C@H](C(N)=O)C(C)C)c4ccccc4n3)CC2)CC1. The van der Waals surface area contributed by atoms with Crippen LogP contribution in [0.3, 0.4) is 0 Å². The Bertz CT molecular complexity index is 961. The van der Waals surface area contributed by atoms with Crippen LogP contribution in [0.5, 0.6) is 0 Å². The Hall–Kier alpha value is -2.25. The minimum absolute atomic E-state index is 0.0679. The van der Waals surface area contributed by atoms with Gasteiger partial charge in [-0.2, -0.15) is 0 Å². The van der Waals surface area contributed by atoms with Gasteiger partial charge in [0.2, 0.25) is 5.91 Å². The summed E-state index contributed by atoms with van der Waals surface area (Å²) in [5.74, 6) is 2.92. The second-order valence-corrected chi connectivity index (χ2v) is 10.9. The number of nitrogens with one attached hydrogen (secondary N) is 1. The molecule has 0 radical (unpaired) electrons. The maximum atomic E-state index is 12.0. The van der Waals surface area contributed by atoms with Crippen molar-refractivity contribution in [3.8, 4) is 0 Å². The van der Waals surface area contributed by atoms with Crippen LogP contribution >= 0.6 is 0 Å². The normalized spacial score (nSPS) is 23.5. The smallest absolute Gasteiger partial charge is 0.240 e. The summed E-state index contributed by atoms with van der Waals surface area (Å²) < 4.78 is 0. The first-order valence-electron chi connectivity index (χ1n) is 13.1. The lowest BCUT2D eigenvalue weighted by molar-refractivity contribution is -0.119. The third-order valence-electron chi connectivity index (χ3n) is 7.89. The van der Waals surface area contributed by atoms with Gasteiger partial charge in [0.05, 0.1) is 12.1 Å². The van der Waals surface area contributed by atoms with Crippen molar-refractivity contribution >= 4 is 22.6 Å². The fourth-order valence-corrected chi connectivity index (χ4v) is 5.64. The summed E-state index contributed by atoms with van der Waals surface area (Å²) in [6, 6.07) is 8.24. The number of fused-ring (bicyclic) bond motifs is 1. The molecule has 2 aromatic rings. The van der Waals surface area contributed by atoms with Crippen LogP contribution in [0.15, 0.2) is 24.3 Å². The van der Waals surface area contributed by atoms with Crippen molar-refractivity contribution < 1.29 is 4.79 Å². The highest BCUT2D eigenvalue weighted by Crippen LogP contribution is 2.32. The third-order valence-corrected chi connectivity index (χ3v) is 7.89. The Morgan fingerprint density at radius 2 is 1.71 bits per heavy atom. The standard InChI is InChI=1S/C27H42N6O/c1-18(2)20-9-11-21(12-10-20)33-15-13-32(14-16-33)17-24-29-23-8-6-5-7-22(23)27(30-24)31-25(19(3)4)26(28)34/h5-8,18-21,25H,9-17H2,1-4H3,(H2,28,34)(H,29,30,31)/t20?,21?,25-/m0/s1. The van der Waals surface area contributed by atoms with Gasteiger partial charge in [-0.15, -0.1) is 0 Å². The summed E-state index contributed by atoms with van der Waals surface area (Å²) in [5, 5.41) is 4.22. The molecule has 2 heterocycles. The van der Waals surface area contributed by atoms with E-state index in [-0.39, 0.29) is 11.8 Å². The molecule has 34 heavy (non-hydrogen) atoms. The average Bonchev–Trinajstić information content (AvgIpc) is 2.82. The topological polar surface area (TPSA) is 87.4 Å². The highest BCUT2D eigenvalue weighted by atomic mass is 16.1. The summed E-state index contributed by atoms with van der Waals surface area (Å²) in [6.45, 7) is 13.8. The number of rotatable bonds is 8. The Balaban J connectivity index is 1.40. The Kier molecular flexibility index (Phi) is 8.04. The van der Waals surface area contributed by atoms with Crippen molar-refractivity contribution in [1.82, 2.24) is 19.8 Å². The molecule has 0 spiro atoms. The second kappa shape index (κ2) is 11.0. The van der Waals surface area contributed by atoms with Gasteiger partial charge in [0.15, 0.2) is 0 Å². The van der Waals surface area contributed by atoms with Crippen molar-refractivity contribution in [1.29, 1.82) is 0 Å². The van der Waals surface area contributed by atoms with E-state index in [1.165, 1.54) is 25.7 Å². The van der Waals surface area contributed by atoms with Crippen LogP contribution in [0.4, 0.5) is 5.82 Å². The van der Waals surface area contributed by atoms with Crippen LogP contribution in [0, 0.1) is 17.8 Å². The van der Waals surface area contributed by atoms with E-state index in [1.54, 1.807) is 0 Å². The molecule has 1 atom stereocenters. The summed E-state index contributed by atoms with van der Waals surface area (Å²) >= 11 is 0. The van der Waals surface area contributed by atoms with E-state index in [2.05, 4.69) is 29.0 Å². The molecular weight excluding hydrogens is 424 g/mol. The molecule has 1 aromatic carbocycles. The monoisotopic (exact) mass is 466 g/mol. The molecule has 0 unspecified atom stereocenters. The van der Waals surface area contributed by atoms with E-state index in [4.69, 9.17) is 15.7 Å². The van der Waals surface area contributed by atoms with Gasteiger partial charge in [0, 0.05) is 37.6 Å². The molecule has 4 rings (SSSR count). The van der Waals surface area contributed by atoms with Crippen LogP contribution in [-0.4, -0.2) is 63.9 Å². The number of carbonyl (C=O) groups excluding carboxylic acids is 1. The highest BCUT2D eigenvalue weighted by Gasteiger charge is 2.29. The van der Waals surface area contributed by atoms with Gasteiger partial charge < -0.3 is 11.1 Å². The maximum Gasteiger partial charge on any atom is 0.240 e. The zero-order chi connectivity index (χ0) is 24.2. The molecule has 1 aliphatic carbocycles. The quantitative estimate of drug-likeness (QED) is 0.614. The third kappa shape index (κ3) is 5.87. The molecule has 7 heteroatoms. The zero-order valence-corrected chi connectivity index (χ0v) is 21.3. The van der Waals surface area contributed by atoms with E-state index in [9.17, 15) is 4.79 Å². The van der Waals surface area contributed by atoms with Gasteiger partial charge >= 0.3 is 0 Å². The minimum Gasteiger partial charge on any atom is -0.368 e. The predicted molar refractivity (Wildman–Crippen MR) is 138 cm³/mol. The lowest BCUT2D eigenvalue weighted by atomic mass is 9.79. The van der Waals surface area contributed by atoms with Gasteiger partial charge in [-0.3, -0.25) is 14.6 Å². The van der Waals surface area contributed by atoms with Gasteiger partial charge in [-0.25, -0.2) is 9.97 Å². The number of hydrogen-bond donors (Lipinski definition) is 2. The first-order chi connectivity index (χ1) is 16.3. The number of primary amides is 1. The van der Waals surface area contributed by atoms with E-state index in [1.807, 2.05) is 38.1 Å². The summed E-state index contributed by atoms with van der Waals surface area (Å²) in [4.78, 5) is 26.9. The van der Waals surface area contributed by atoms with Gasteiger partial charge in [-0.05, 0) is 55.6 Å². The maximum absolute atomic E-state index is 12.0. The van der Waals surface area contributed by atoms with Gasteiger partial charge in [-0.1, -0.05) is 39.8 Å². The summed E-state index contributed by atoms with van der Waals surface area (Å²) in [7, 11) is 0. The predicted octanol–water partition coefficient (Wildman–Crippen LogP) is 3.88. The van der Waals surface area contributed by atoms with Crippen molar-refractivity contribution in [2.75, 3.05) is 31.5 Å². The minimum atomic E-state index is -0.472. The molecule has 1 saturated heterocycles. The van der Waals surface area contributed by atoms with E-state index in [0.29, 0.717) is 5.82 Å². The molecule has 1 saturated carbocycles. The van der Waals surface area contributed by atoms with Gasteiger partial charge in [0.1, 0.15) is 17.7 Å². The number of carbonyl (C=O) groups is 1. The van der Waals surface area contributed by atoms with E-state index < -0.39 is 6.04 Å². The molecule has 1 aromatic heterocycles. The van der Waals surface area contributed by atoms with Crippen LogP contribution in [-0.2, 0) is 11.3 Å². The number of nitrogens with zero attached hydrogens (tertiary/aromatic N) is 4. The van der Waals surface area contributed by atoms with Crippen molar-refractivity contribution in [2.24, 2.45) is 23.5 Å². The second-order valence-electron chi connectivity index (χ2n) is 10.9. The lowest BCUT2D eigenvalue weighted by Gasteiger charge is -2.42. The molecule has 7 nitrogen and oxygen atoms in total. The van der Waals surface area contributed by atoms with E-state index in [0.717, 1.165) is 67.3 Å². The Morgan fingerprint density at radius 3 is 2.32 bits per heavy atom. The summed E-state index contributed by atoms with van der Waals surface area (Å²) in [5.41, 5.74) is 6.55. The number of piperazine rings is 1. The van der Waals surface area contributed by atoms with Crippen molar-refractivity contribution in [3.63, 3.8) is 0 Å². The highest BCUT2D eigenvalue weighted by molar-refractivity contribution is 5.91. The van der Waals surface area contributed by atoms with E-state index >= 15 is 0 Å². The number of para-hydroxylation sites is 1. The molecule has 0 bridgehead atoms. The number of hydrogen-bond acceptors (Lipinski definition) is 6. The first-order valence-corrected chi connectivity index (χ1v) is 13.1. The Morgan fingerprint density at radius 1 is 1.03 bits per heavy atom. The molecular formula is C27H42N6O. The number of benzene rings is 1. The number of nitrogens with two attached hydrogens (primary N) is 1. The molecule has 186 valence electrons.